The Balaban J connectivity index is 2.23. The summed E-state index contributed by atoms with van der Waals surface area (Å²) in [6.45, 7) is 3.00. The van der Waals surface area contributed by atoms with Gasteiger partial charge < -0.3 is 5.32 Å². The Kier molecular flexibility index (Phi) is 5.54. The summed E-state index contributed by atoms with van der Waals surface area (Å²) in [6, 6.07) is 4.25. The van der Waals surface area contributed by atoms with E-state index in [9.17, 15) is 0 Å². The van der Waals surface area contributed by atoms with E-state index in [1.807, 2.05) is 6.07 Å². The minimum atomic E-state index is 0.209. The monoisotopic (exact) mass is 383 g/mol. The molecule has 1 atom stereocenters. The van der Waals surface area contributed by atoms with E-state index >= 15 is 0 Å². The van der Waals surface area contributed by atoms with Crippen molar-refractivity contribution in [2.75, 3.05) is 6.54 Å². The number of hydrogen-bond donors (Lipinski definition) is 1. The molecule has 18 heavy (non-hydrogen) atoms. The van der Waals surface area contributed by atoms with Crippen LogP contribution < -0.4 is 5.32 Å². The van der Waals surface area contributed by atoms with Gasteiger partial charge in [0.15, 0.2) is 0 Å². The van der Waals surface area contributed by atoms with Gasteiger partial charge in [-0.25, -0.2) is 0 Å². The van der Waals surface area contributed by atoms with Crippen molar-refractivity contribution in [3.63, 3.8) is 0 Å². The van der Waals surface area contributed by atoms with Crippen LogP contribution in [0.5, 0.6) is 0 Å². The highest BCUT2D eigenvalue weighted by atomic mass is 79.9. The zero-order valence-electron chi connectivity index (χ0n) is 9.67. The highest BCUT2D eigenvalue weighted by Crippen LogP contribution is 2.37. The minimum absolute atomic E-state index is 0.209. The third kappa shape index (κ3) is 3.50. The molecule has 0 aliphatic carbocycles. The molecule has 1 N–H and O–H groups in total. The fourth-order valence-electron chi connectivity index (χ4n) is 1.79. The first-order valence-electron chi connectivity index (χ1n) is 5.51. The van der Waals surface area contributed by atoms with Crippen molar-refractivity contribution in [3.05, 3.63) is 41.1 Å². The van der Waals surface area contributed by atoms with Crippen LogP contribution in [0.3, 0.4) is 0 Å². The van der Waals surface area contributed by atoms with Crippen molar-refractivity contribution in [1.82, 2.24) is 5.32 Å². The molecule has 0 bridgehead atoms. The lowest BCUT2D eigenvalue weighted by molar-refractivity contribution is 0.554. The van der Waals surface area contributed by atoms with Crippen molar-refractivity contribution in [2.24, 2.45) is 0 Å². The van der Waals surface area contributed by atoms with Crippen molar-refractivity contribution in [2.45, 2.75) is 19.4 Å². The van der Waals surface area contributed by atoms with Gasteiger partial charge in [0, 0.05) is 27.4 Å². The number of rotatable bonds is 5. The van der Waals surface area contributed by atoms with Gasteiger partial charge >= 0.3 is 0 Å². The van der Waals surface area contributed by atoms with E-state index in [-0.39, 0.29) is 6.04 Å². The zero-order valence-corrected chi connectivity index (χ0v) is 14.4. The van der Waals surface area contributed by atoms with Crippen LogP contribution >= 0.6 is 61.8 Å². The molecule has 0 radical (unpaired) electrons. The van der Waals surface area contributed by atoms with Crippen molar-refractivity contribution in [3.8, 4) is 0 Å². The fraction of sp³-hybridized carbons (Fsp3) is 0.333. The van der Waals surface area contributed by atoms with Gasteiger partial charge in [-0.1, -0.05) is 30.1 Å². The maximum Gasteiger partial charge on any atom is 0.0992 e. The van der Waals surface area contributed by atoms with Gasteiger partial charge in [0.2, 0.25) is 0 Å². The molecule has 2 aromatic heterocycles. The highest BCUT2D eigenvalue weighted by Gasteiger charge is 2.18. The molecule has 6 heteroatoms. The first-order valence-corrected chi connectivity index (χ1v) is 8.76. The molecule has 0 saturated heterocycles. The van der Waals surface area contributed by atoms with Gasteiger partial charge in [-0.15, -0.1) is 22.7 Å². The summed E-state index contributed by atoms with van der Waals surface area (Å²) >= 11 is 19.0. The van der Waals surface area contributed by atoms with Gasteiger partial charge in [0.05, 0.1) is 8.67 Å². The maximum absolute atomic E-state index is 6.24. The molecule has 1 nitrogen and oxygen atoms in total. The Morgan fingerprint density at radius 2 is 2.22 bits per heavy atom. The van der Waals surface area contributed by atoms with Gasteiger partial charge in [0.25, 0.3) is 0 Å². The third-order valence-electron chi connectivity index (χ3n) is 2.59. The van der Waals surface area contributed by atoms with Crippen LogP contribution in [0.25, 0.3) is 0 Å². The van der Waals surface area contributed by atoms with Gasteiger partial charge in [0.1, 0.15) is 0 Å². The van der Waals surface area contributed by atoms with Crippen LogP contribution in [0, 0.1) is 0 Å². The smallest absolute Gasteiger partial charge is 0.0992 e. The molecule has 0 aliphatic rings. The molecule has 2 aromatic rings. The normalized spacial score (nSPS) is 12.9. The summed E-state index contributed by atoms with van der Waals surface area (Å²) in [6.07, 6.45) is 0.916. The van der Waals surface area contributed by atoms with Crippen molar-refractivity contribution < 1.29 is 0 Å². The Hall–Kier alpha value is 0.420. The van der Waals surface area contributed by atoms with Crippen LogP contribution in [0.2, 0.25) is 8.67 Å². The average Bonchev–Trinajstić information content (AvgIpc) is 2.85. The number of halogens is 3. The Morgan fingerprint density at radius 1 is 1.44 bits per heavy atom. The Labute approximate surface area is 133 Å². The van der Waals surface area contributed by atoms with E-state index in [1.54, 1.807) is 11.3 Å². The first-order chi connectivity index (χ1) is 8.61. The number of hydrogen-bond acceptors (Lipinski definition) is 3. The van der Waals surface area contributed by atoms with E-state index < -0.39 is 0 Å². The van der Waals surface area contributed by atoms with E-state index in [4.69, 9.17) is 23.2 Å². The summed E-state index contributed by atoms with van der Waals surface area (Å²) in [7, 11) is 0. The molecular formula is C12H12BrCl2NS2. The second-order valence-electron chi connectivity index (χ2n) is 3.79. The predicted octanol–water partition coefficient (Wildman–Crippen LogP) is 5.77. The van der Waals surface area contributed by atoms with Crippen LogP contribution in [-0.2, 0) is 6.42 Å². The van der Waals surface area contributed by atoms with Crippen LogP contribution in [0.4, 0.5) is 0 Å². The summed E-state index contributed by atoms with van der Waals surface area (Å²) in [5.74, 6) is 0. The number of likely N-dealkylation sites (N-methyl/N-ethyl adjacent to an activating group) is 1. The highest BCUT2D eigenvalue weighted by molar-refractivity contribution is 9.10. The maximum atomic E-state index is 6.24. The van der Waals surface area contributed by atoms with Crippen LogP contribution in [0.15, 0.2) is 22.0 Å². The lowest BCUT2D eigenvalue weighted by atomic mass is 10.1. The molecule has 0 amide bonds. The molecule has 0 aromatic carbocycles. The van der Waals surface area contributed by atoms with E-state index in [2.05, 4.69) is 39.6 Å². The molecule has 98 valence electrons. The van der Waals surface area contributed by atoms with E-state index in [0.717, 1.165) is 31.7 Å². The first kappa shape index (κ1) is 14.8. The molecule has 0 aliphatic heterocycles. The van der Waals surface area contributed by atoms with Gasteiger partial charge in [-0.2, -0.15) is 0 Å². The molecule has 1 unspecified atom stereocenters. The number of nitrogens with one attached hydrogen (secondary N) is 1. The lowest BCUT2D eigenvalue weighted by Crippen LogP contribution is -2.22. The van der Waals surface area contributed by atoms with E-state index in [0.29, 0.717) is 0 Å². The standard InChI is InChI=1S/C12H12BrCl2NS2/c1-2-16-9(6-10-8(13)3-4-17-10)7-5-11(14)18-12(7)15/h3-5,9,16H,2,6H2,1H3. The quantitative estimate of drug-likeness (QED) is 0.689. The Morgan fingerprint density at radius 3 is 2.72 bits per heavy atom. The minimum Gasteiger partial charge on any atom is -0.310 e. The molecule has 2 heterocycles. The second-order valence-corrected chi connectivity index (χ2v) is 7.93. The summed E-state index contributed by atoms with van der Waals surface area (Å²) in [5, 5.41) is 5.56. The van der Waals surface area contributed by atoms with E-state index in [1.165, 1.54) is 16.2 Å². The molecule has 0 fully saturated rings. The largest absolute Gasteiger partial charge is 0.310 e. The van der Waals surface area contributed by atoms with Crippen molar-refractivity contribution in [1.29, 1.82) is 0 Å². The summed E-state index contributed by atoms with van der Waals surface area (Å²) < 4.78 is 2.68. The average molecular weight is 385 g/mol. The number of thiophene rings is 2. The lowest BCUT2D eigenvalue weighted by Gasteiger charge is -2.17. The second kappa shape index (κ2) is 6.73. The van der Waals surface area contributed by atoms with Crippen molar-refractivity contribution >= 4 is 61.8 Å². The topological polar surface area (TPSA) is 12.0 Å². The molecule has 2 rings (SSSR count). The predicted molar refractivity (Wildman–Crippen MR) is 86.5 cm³/mol. The summed E-state index contributed by atoms with van der Waals surface area (Å²) in [4.78, 5) is 1.32. The molecule has 0 saturated carbocycles. The fourth-order valence-corrected chi connectivity index (χ4v) is 4.93. The van der Waals surface area contributed by atoms with Crippen LogP contribution in [0.1, 0.15) is 23.4 Å². The molecule has 0 spiro atoms. The third-order valence-corrected chi connectivity index (χ3v) is 6.06. The van der Waals surface area contributed by atoms with Gasteiger partial charge in [-0.05, 0) is 40.0 Å². The van der Waals surface area contributed by atoms with Crippen LogP contribution in [-0.4, -0.2) is 6.54 Å². The molecular weight excluding hydrogens is 373 g/mol. The van der Waals surface area contributed by atoms with Gasteiger partial charge in [-0.3, -0.25) is 0 Å². The zero-order chi connectivity index (χ0) is 13.1. The Bertz CT molecular complexity index is 524. The SMILES string of the molecule is CCNC(Cc1sccc1Br)c1cc(Cl)sc1Cl. The summed E-state index contributed by atoms with van der Waals surface area (Å²) in [5.41, 5.74) is 1.09.